The van der Waals surface area contributed by atoms with Crippen molar-refractivity contribution in [2.75, 3.05) is 18.4 Å². The average Bonchev–Trinajstić information content (AvgIpc) is 2.83. The number of aromatic nitrogens is 3. The monoisotopic (exact) mass is 426 g/mol. The minimum Gasteiger partial charge on any atom is -0.368 e. The molecule has 2 aromatic heterocycles. The van der Waals surface area contributed by atoms with E-state index in [0.717, 1.165) is 24.0 Å². The van der Waals surface area contributed by atoms with Crippen molar-refractivity contribution in [3.05, 3.63) is 71.7 Å². The number of aryl methyl sites for hydroxylation is 1. The fourth-order valence-electron chi connectivity index (χ4n) is 4.21. The summed E-state index contributed by atoms with van der Waals surface area (Å²) in [5.74, 6) is 1.60. The maximum Gasteiger partial charge on any atom is 0.254 e. The number of piperidine rings is 1. The van der Waals surface area contributed by atoms with Gasteiger partial charge in [-0.15, -0.1) is 0 Å². The zero-order chi connectivity index (χ0) is 22.5. The van der Waals surface area contributed by atoms with E-state index in [-0.39, 0.29) is 11.9 Å². The van der Waals surface area contributed by atoms with Gasteiger partial charge in [0.25, 0.3) is 5.91 Å². The highest BCUT2D eigenvalue weighted by Gasteiger charge is 2.33. The number of amides is 1. The summed E-state index contributed by atoms with van der Waals surface area (Å²) in [4.78, 5) is 28.8. The SMILES string of the molecule is Cc1ccc(-c2ncccn2)c(C(=O)N2CCCC(C)[C@H]2CNc2ccc(C#N)cn2)c1. The van der Waals surface area contributed by atoms with E-state index in [1.165, 1.54) is 0 Å². The third-order valence-corrected chi connectivity index (χ3v) is 5.97. The minimum absolute atomic E-state index is 0.00212. The molecule has 1 amide bonds. The van der Waals surface area contributed by atoms with Gasteiger partial charge in [-0.2, -0.15) is 5.26 Å². The van der Waals surface area contributed by atoms with Gasteiger partial charge in [0.15, 0.2) is 5.82 Å². The lowest BCUT2D eigenvalue weighted by atomic mass is 9.89. The van der Waals surface area contributed by atoms with Gasteiger partial charge in [-0.3, -0.25) is 4.79 Å². The Hall–Kier alpha value is -3.79. The summed E-state index contributed by atoms with van der Waals surface area (Å²) in [6, 6.07) is 13.2. The molecule has 1 aromatic carbocycles. The van der Waals surface area contributed by atoms with Crippen LogP contribution in [0.15, 0.2) is 55.0 Å². The van der Waals surface area contributed by atoms with Crippen LogP contribution in [0.2, 0.25) is 0 Å². The molecule has 4 rings (SSSR count). The molecule has 32 heavy (non-hydrogen) atoms. The van der Waals surface area contributed by atoms with Crippen LogP contribution in [-0.2, 0) is 0 Å². The largest absolute Gasteiger partial charge is 0.368 e. The number of nitrogens with one attached hydrogen (secondary N) is 1. The van der Waals surface area contributed by atoms with Crippen molar-refractivity contribution in [3.63, 3.8) is 0 Å². The van der Waals surface area contributed by atoms with Crippen molar-refractivity contribution < 1.29 is 4.79 Å². The lowest BCUT2D eigenvalue weighted by molar-refractivity contribution is 0.0540. The lowest BCUT2D eigenvalue weighted by Gasteiger charge is -2.40. The molecule has 0 radical (unpaired) electrons. The van der Waals surface area contributed by atoms with E-state index in [4.69, 9.17) is 5.26 Å². The van der Waals surface area contributed by atoms with E-state index < -0.39 is 0 Å². The van der Waals surface area contributed by atoms with Crippen molar-refractivity contribution in [2.24, 2.45) is 5.92 Å². The van der Waals surface area contributed by atoms with E-state index in [0.29, 0.717) is 41.8 Å². The molecule has 0 bridgehead atoms. The van der Waals surface area contributed by atoms with Gasteiger partial charge in [0.05, 0.1) is 17.2 Å². The van der Waals surface area contributed by atoms with E-state index in [1.807, 2.05) is 30.0 Å². The first-order valence-electron chi connectivity index (χ1n) is 10.9. The Kier molecular flexibility index (Phi) is 6.41. The van der Waals surface area contributed by atoms with Crippen molar-refractivity contribution in [1.29, 1.82) is 5.26 Å². The zero-order valence-electron chi connectivity index (χ0n) is 18.3. The maximum absolute atomic E-state index is 13.8. The summed E-state index contributed by atoms with van der Waals surface area (Å²) in [6.07, 6.45) is 6.97. The minimum atomic E-state index is 0.00212. The first-order valence-corrected chi connectivity index (χ1v) is 10.9. The molecule has 2 atom stereocenters. The van der Waals surface area contributed by atoms with Crippen LogP contribution >= 0.6 is 0 Å². The van der Waals surface area contributed by atoms with Crippen LogP contribution in [0, 0.1) is 24.2 Å². The van der Waals surface area contributed by atoms with Crippen LogP contribution in [0.1, 0.15) is 41.3 Å². The van der Waals surface area contributed by atoms with Crippen molar-refractivity contribution in [3.8, 4) is 17.5 Å². The average molecular weight is 427 g/mol. The summed E-state index contributed by atoms with van der Waals surface area (Å²) < 4.78 is 0. The smallest absolute Gasteiger partial charge is 0.254 e. The Balaban J connectivity index is 1.60. The van der Waals surface area contributed by atoms with Gasteiger partial charge in [-0.1, -0.05) is 24.6 Å². The molecule has 1 aliphatic heterocycles. The molecule has 7 nitrogen and oxygen atoms in total. The number of anilines is 1. The number of nitriles is 1. The van der Waals surface area contributed by atoms with Crippen molar-refractivity contribution in [1.82, 2.24) is 19.9 Å². The van der Waals surface area contributed by atoms with Crippen LogP contribution in [0.5, 0.6) is 0 Å². The van der Waals surface area contributed by atoms with Gasteiger partial charge in [-0.05, 0) is 49.9 Å². The highest BCUT2D eigenvalue weighted by Crippen LogP contribution is 2.29. The van der Waals surface area contributed by atoms with Crippen LogP contribution < -0.4 is 5.32 Å². The quantitative estimate of drug-likeness (QED) is 0.661. The Bertz CT molecular complexity index is 1120. The number of rotatable bonds is 5. The van der Waals surface area contributed by atoms with Crippen LogP contribution in [-0.4, -0.2) is 44.9 Å². The zero-order valence-corrected chi connectivity index (χ0v) is 18.3. The van der Waals surface area contributed by atoms with E-state index in [2.05, 4.69) is 33.3 Å². The second kappa shape index (κ2) is 9.56. The molecule has 0 spiro atoms. The second-order valence-corrected chi connectivity index (χ2v) is 8.23. The molecule has 3 heterocycles. The number of benzene rings is 1. The fourth-order valence-corrected chi connectivity index (χ4v) is 4.21. The molecule has 3 aromatic rings. The lowest BCUT2D eigenvalue weighted by Crippen LogP contribution is -2.51. The molecule has 7 heteroatoms. The standard InChI is InChI=1S/C25H26N6O/c1-17-6-8-20(24-27-10-4-11-28-24)21(13-17)25(32)31-12-3-5-18(2)22(31)16-30-23-9-7-19(14-26)15-29-23/h4,6-11,13,15,18,22H,3,5,12,16H2,1-2H3,(H,29,30)/t18?,22-/m1/s1. The highest BCUT2D eigenvalue weighted by atomic mass is 16.2. The number of pyridine rings is 1. The normalized spacial score (nSPS) is 18.1. The molecular weight excluding hydrogens is 400 g/mol. The molecular formula is C25H26N6O. The number of hydrogen-bond acceptors (Lipinski definition) is 6. The van der Waals surface area contributed by atoms with E-state index in [9.17, 15) is 4.79 Å². The number of carbonyl (C=O) groups is 1. The van der Waals surface area contributed by atoms with Gasteiger partial charge in [0, 0.05) is 37.2 Å². The molecule has 1 fully saturated rings. The Morgan fingerprint density at radius 2 is 2.03 bits per heavy atom. The topological polar surface area (TPSA) is 94.8 Å². The van der Waals surface area contributed by atoms with Gasteiger partial charge < -0.3 is 10.2 Å². The Morgan fingerprint density at radius 3 is 2.75 bits per heavy atom. The fraction of sp³-hybridized carbons (Fsp3) is 0.320. The van der Waals surface area contributed by atoms with Gasteiger partial charge >= 0.3 is 0 Å². The van der Waals surface area contributed by atoms with Gasteiger partial charge in [0.1, 0.15) is 11.9 Å². The van der Waals surface area contributed by atoms with Crippen molar-refractivity contribution >= 4 is 11.7 Å². The summed E-state index contributed by atoms with van der Waals surface area (Å²) in [5, 5.41) is 12.3. The Morgan fingerprint density at radius 1 is 1.22 bits per heavy atom. The van der Waals surface area contributed by atoms with Gasteiger partial charge in [-0.25, -0.2) is 15.0 Å². The number of likely N-dealkylation sites (tertiary alicyclic amines) is 1. The third-order valence-electron chi connectivity index (χ3n) is 5.97. The summed E-state index contributed by atoms with van der Waals surface area (Å²) in [7, 11) is 0. The molecule has 1 aliphatic rings. The van der Waals surface area contributed by atoms with Crippen LogP contribution in [0.3, 0.4) is 0 Å². The number of nitrogens with zero attached hydrogens (tertiary/aromatic N) is 5. The summed E-state index contributed by atoms with van der Waals surface area (Å²) in [5.41, 5.74) is 2.93. The number of carbonyl (C=O) groups excluding carboxylic acids is 1. The van der Waals surface area contributed by atoms with E-state index >= 15 is 0 Å². The predicted molar refractivity (Wildman–Crippen MR) is 123 cm³/mol. The van der Waals surface area contributed by atoms with E-state index in [1.54, 1.807) is 36.8 Å². The molecule has 0 saturated carbocycles. The van der Waals surface area contributed by atoms with Gasteiger partial charge in [0.2, 0.25) is 0 Å². The molecule has 1 saturated heterocycles. The summed E-state index contributed by atoms with van der Waals surface area (Å²) >= 11 is 0. The maximum atomic E-state index is 13.8. The summed E-state index contributed by atoms with van der Waals surface area (Å²) in [6.45, 7) is 5.48. The first-order chi connectivity index (χ1) is 15.6. The van der Waals surface area contributed by atoms with Crippen LogP contribution in [0.4, 0.5) is 5.82 Å². The number of hydrogen-bond donors (Lipinski definition) is 1. The molecule has 1 unspecified atom stereocenters. The van der Waals surface area contributed by atoms with Crippen molar-refractivity contribution in [2.45, 2.75) is 32.7 Å². The van der Waals surface area contributed by atoms with Crippen LogP contribution in [0.25, 0.3) is 11.4 Å². The third kappa shape index (κ3) is 4.59. The predicted octanol–water partition coefficient (Wildman–Crippen LogP) is 4.07. The second-order valence-electron chi connectivity index (χ2n) is 8.23. The highest BCUT2D eigenvalue weighted by molar-refractivity contribution is 6.00. The molecule has 1 N–H and O–H groups in total. The first kappa shape index (κ1) is 21.4. The molecule has 162 valence electrons. The Labute approximate surface area is 188 Å². The molecule has 0 aliphatic carbocycles.